The lowest BCUT2D eigenvalue weighted by atomic mass is 10.1. The number of benzene rings is 1. The first kappa shape index (κ1) is 18.5. The van der Waals surface area contributed by atoms with Crippen molar-refractivity contribution in [1.29, 1.82) is 0 Å². The molecule has 7 heteroatoms. The van der Waals surface area contributed by atoms with Crippen LogP contribution in [0.3, 0.4) is 0 Å². The Morgan fingerprint density at radius 2 is 1.91 bits per heavy atom. The highest BCUT2D eigenvalue weighted by atomic mass is 35.5. The first-order valence-corrected chi connectivity index (χ1v) is 7.90. The molecule has 5 nitrogen and oxygen atoms in total. The third-order valence-corrected chi connectivity index (χ3v) is 3.39. The Hall–Kier alpha value is -1.53. The van der Waals surface area contributed by atoms with Crippen molar-refractivity contribution in [3.63, 3.8) is 0 Å². The van der Waals surface area contributed by atoms with Gasteiger partial charge in [0.25, 0.3) is 5.91 Å². The van der Waals surface area contributed by atoms with Gasteiger partial charge >= 0.3 is 0 Å². The van der Waals surface area contributed by atoms with E-state index in [9.17, 15) is 4.79 Å². The fourth-order valence-electron chi connectivity index (χ4n) is 1.82. The maximum Gasteiger partial charge on any atom is 0.279 e. The molecule has 0 aliphatic rings. The molecule has 1 amide bonds. The molecule has 1 aromatic rings. The molecule has 0 saturated heterocycles. The first-order valence-electron chi connectivity index (χ1n) is 7.12. The Morgan fingerprint density at radius 3 is 2.45 bits per heavy atom. The maximum absolute atomic E-state index is 12.0. The van der Waals surface area contributed by atoms with Crippen molar-refractivity contribution in [2.45, 2.75) is 40.2 Å². The average molecular weight is 344 g/mol. The molecule has 0 bridgehead atoms. The number of hydrazine groups is 1. The number of hydrogen-bond acceptors (Lipinski definition) is 3. The van der Waals surface area contributed by atoms with Gasteiger partial charge in [-0.15, -0.1) is 0 Å². The summed E-state index contributed by atoms with van der Waals surface area (Å²) in [4.78, 5) is 12.0. The first-order chi connectivity index (χ1) is 10.3. The molecule has 0 saturated carbocycles. The van der Waals surface area contributed by atoms with Gasteiger partial charge in [-0.25, -0.2) is 0 Å². The fraction of sp³-hybridized carbons (Fsp3) is 0.467. The molecule has 0 heterocycles. The smallest absolute Gasteiger partial charge is 0.279 e. The number of amides is 1. The van der Waals surface area contributed by atoms with E-state index >= 15 is 0 Å². The second-order valence-electron chi connectivity index (χ2n) is 5.00. The Kier molecular flexibility index (Phi) is 7.41. The maximum atomic E-state index is 12.0. The highest BCUT2D eigenvalue weighted by Gasteiger charge is 2.17. The van der Waals surface area contributed by atoms with Crippen LogP contribution in [0.25, 0.3) is 0 Å². The van der Waals surface area contributed by atoms with Crippen molar-refractivity contribution in [2.75, 3.05) is 6.54 Å². The average Bonchev–Trinajstić information content (AvgIpc) is 2.45. The zero-order valence-corrected chi connectivity index (χ0v) is 14.8. The molecule has 0 spiro atoms. The summed E-state index contributed by atoms with van der Waals surface area (Å²) in [7, 11) is 0. The number of ether oxygens (including phenoxy) is 1. The molecule has 0 aromatic heterocycles. The van der Waals surface area contributed by atoms with Gasteiger partial charge < -0.3 is 10.1 Å². The summed E-state index contributed by atoms with van der Waals surface area (Å²) in [5.41, 5.74) is 6.93. The lowest BCUT2D eigenvalue weighted by Gasteiger charge is -2.19. The number of aryl methyl sites for hydroxylation is 2. The Balaban J connectivity index is 2.56. The van der Waals surface area contributed by atoms with Crippen molar-refractivity contribution in [2.24, 2.45) is 0 Å². The topological polar surface area (TPSA) is 62.4 Å². The molecule has 1 atom stereocenters. The Morgan fingerprint density at radius 1 is 1.32 bits per heavy atom. The van der Waals surface area contributed by atoms with E-state index in [0.717, 1.165) is 24.1 Å². The van der Waals surface area contributed by atoms with Gasteiger partial charge in [0.1, 0.15) is 5.75 Å². The minimum atomic E-state index is -0.667. The van der Waals surface area contributed by atoms with Crippen molar-refractivity contribution in [3.05, 3.63) is 28.3 Å². The summed E-state index contributed by atoms with van der Waals surface area (Å²) < 4.78 is 5.73. The molecule has 3 N–H and O–H groups in total. The van der Waals surface area contributed by atoms with Crippen LogP contribution in [0.1, 0.15) is 31.4 Å². The summed E-state index contributed by atoms with van der Waals surface area (Å²) in [5, 5.41) is 3.97. The van der Waals surface area contributed by atoms with Crippen LogP contribution in [0.5, 0.6) is 5.75 Å². The summed E-state index contributed by atoms with van der Waals surface area (Å²) >= 11 is 11.0. The molecular formula is C15H22ClN3O2S. The van der Waals surface area contributed by atoms with Crippen molar-refractivity contribution in [3.8, 4) is 5.75 Å². The van der Waals surface area contributed by atoms with Gasteiger partial charge in [-0.2, -0.15) is 0 Å². The molecular weight excluding hydrogens is 322 g/mol. The van der Waals surface area contributed by atoms with E-state index in [-0.39, 0.29) is 5.91 Å². The summed E-state index contributed by atoms with van der Waals surface area (Å²) in [5.74, 6) is 0.355. The van der Waals surface area contributed by atoms with Crippen LogP contribution in [0.2, 0.25) is 5.02 Å². The van der Waals surface area contributed by atoms with E-state index in [1.165, 1.54) is 0 Å². The minimum Gasteiger partial charge on any atom is -0.480 e. The second-order valence-corrected chi connectivity index (χ2v) is 5.84. The molecule has 0 radical (unpaired) electrons. The van der Waals surface area contributed by atoms with E-state index < -0.39 is 6.10 Å². The van der Waals surface area contributed by atoms with Gasteiger partial charge in [-0.3, -0.25) is 15.6 Å². The molecule has 0 aliphatic heterocycles. The lowest BCUT2D eigenvalue weighted by molar-refractivity contribution is -0.127. The lowest BCUT2D eigenvalue weighted by Crippen LogP contribution is -2.50. The van der Waals surface area contributed by atoms with Crippen LogP contribution >= 0.6 is 23.8 Å². The van der Waals surface area contributed by atoms with Gasteiger partial charge in [0.2, 0.25) is 0 Å². The number of carbonyl (C=O) groups excluding carboxylic acids is 1. The predicted octanol–water partition coefficient (Wildman–Crippen LogP) is 2.63. The Labute approximate surface area is 141 Å². The second kappa shape index (κ2) is 8.80. The van der Waals surface area contributed by atoms with Crippen LogP contribution in [0.4, 0.5) is 0 Å². The standard InChI is InChI=1S/C15H22ClN3O2S/c1-5-6-17-15(22)19-18-14(20)11(4)21-13-9(2)7-12(16)8-10(13)3/h7-8,11H,5-6H2,1-4H3,(H,18,20)(H2,17,19,22)/t11-/m1/s1. The van der Waals surface area contributed by atoms with Gasteiger partial charge in [-0.05, 0) is 62.7 Å². The summed E-state index contributed by atoms with van der Waals surface area (Å²) in [6.45, 7) is 8.23. The summed E-state index contributed by atoms with van der Waals surface area (Å²) in [6.07, 6.45) is 0.282. The minimum absolute atomic E-state index is 0.311. The molecule has 122 valence electrons. The van der Waals surface area contributed by atoms with E-state index in [0.29, 0.717) is 15.9 Å². The zero-order chi connectivity index (χ0) is 16.7. The van der Waals surface area contributed by atoms with E-state index in [1.807, 2.05) is 20.8 Å². The zero-order valence-electron chi connectivity index (χ0n) is 13.2. The highest BCUT2D eigenvalue weighted by molar-refractivity contribution is 7.80. The fourth-order valence-corrected chi connectivity index (χ4v) is 2.30. The van der Waals surface area contributed by atoms with Crippen molar-refractivity contribution < 1.29 is 9.53 Å². The van der Waals surface area contributed by atoms with Gasteiger partial charge in [0.15, 0.2) is 11.2 Å². The number of halogens is 1. The van der Waals surface area contributed by atoms with Crippen LogP contribution in [-0.4, -0.2) is 23.7 Å². The molecule has 0 unspecified atom stereocenters. The normalized spacial score (nSPS) is 11.5. The van der Waals surface area contributed by atoms with Crippen LogP contribution in [-0.2, 0) is 4.79 Å². The van der Waals surface area contributed by atoms with E-state index in [2.05, 4.69) is 16.2 Å². The summed E-state index contributed by atoms with van der Waals surface area (Å²) in [6, 6.07) is 3.60. The molecule has 1 rings (SSSR count). The van der Waals surface area contributed by atoms with Gasteiger partial charge in [-0.1, -0.05) is 18.5 Å². The van der Waals surface area contributed by atoms with E-state index in [1.54, 1.807) is 19.1 Å². The number of nitrogens with one attached hydrogen (secondary N) is 3. The number of hydrogen-bond donors (Lipinski definition) is 3. The molecule has 0 aliphatic carbocycles. The molecule has 0 fully saturated rings. The third-order valence-electron chi connectivity index (χ3n) is 2.92. The number of rotatable bonds is 5. The van der Waals surface area contributed by atoms with Crippen LogP contribution in [0.15, 0.2) is 12.1 Å². The largest absolute Gasteiger partial charge is 0.480 e. The van der Waals surface area contributed by atoms with Crippen molar-refractivity contribution in [1.82, 2.24) is 16.2 Å². The quantitative estimate of drug-likeness (QED) is 0.566. The van der Waals surface area contributed by atoms with E-state index in [4.69, 9.17) is 28.6 Å². The molecule has 22 heavy (non-hydrogen) atoms. The SMILES string of the molecule is CCCNC(=S)NNC(=O)[C@@H](C)Oc1c(C)cc(Cl)cc1C. The van der Waals surface area contributed by atoms with Crippen molar-refractivity contribution >= 4 is 34.8 Å². The van der Waals surface area contributed by atoms with Gasteiger partial charge in [0, 0.05) is 11.6 Å². The van der Waals surface area contributed by atoms with Gasteiger partial charge in [0.05, 0.1) is 0 Å². The Bertz CT molecular complexity index is 529. The number of thiocarbonyl (C=S) groups is 1. The van der Waals surface area contributed by atoms with Crippen LogP contribution in [0, 0.1) is 13.8 Å². The predicted molar refractivity (Wildman–Crippen MR) is 93.2 cm³/mol. The highest BCUT2D eigenvalue weighted by Crippen LogP contribution is 2.27. The molecule has 1 aromatic carbocycles. The number of carbonyl (C=O) groups is 1. The van der Waals surface area contributed by atoms with Crippen LogP contribution < -0.4 is 20.9 Å². The third kappa shape index (κ3) is 5.69. The monoisotopic (exact) mass is 343 g/mol.